The molecule has 0 aromatic heterocycles. The maximum atomic E-state index is 11.7. The van der Waals surface area contributed by atoms with Crippen molar-refractivity contribution >= 4 is 5.91 Å². The lowest BCUT2D eigenvalue weighted by Gasteiger charge is -2.38. The lowest BCUT2D eigenvalue weighted by Crippen LogP contribution is -2.51. The quantitative estimate of drug-likeness (QED) is 0.778. The van der Waals surface area contributed by atoms with E-state index < -0.39 is 0 Å². The van der Waals surface area contributed by atoms with E-state index in [4.69, 9.17) is 0 Å². The lowest BCUT2D eigenvalue weighted by molar-refractivity contribution is -0.133. The van der Waals surface area contributed by atoms with Crippen molar-refractivity contribution in [3.8, 4) is 0 Å². The average molecular weight is 226 g/mol. The van der Waals surface area contributed by atoms with Gasteiger partial charge in [0, 0.05) is 25.6 Å². The highest BCUT2D eigenvalue weighted by Crippen LogP contribution is 2.20. The number of nitrogens with zero attached hydrogens (tertiary/aromatic N) is 1. The minimum absolute atomic E-state index is 0.307. The van der Waals surface area contributed by atoms with Crippen LogP contribution in [0.5, 0.6) is 0 Å². The number of piperidine rings is 1. The fourth-order valence-electron chi connectivity index (χ4n) is 2.42. The first-order chi connectivity index (χ1) is 7.71. The van der Waals surface area contributed by atoms with Crippen molar-refractivity contribution in [2.45, 2.75) is 52.5 Å². The van der Waals surface area contributed by atoms with Crippen LogP contribution in [0, 0.1) is 5.92 Å². The largest absolute Gasteiger partial charge is 0.341 e. The van der Waals surface area contributed by atoms with Crippen LogP contribution in [0.15, 0.2) is 0 Å². The van der Waals surface area contributed by atoms with E-state index in [2.05, 4.69) is 19.2 Å². The molecule has 0 aromatic rings. The predicted octanol–water partition coefficient (Wildman–Crippen LogP) is 2.02. The summed E-state index contributed by atoms with van der Waals surface area (Å²) >= 11 is 0. The van der Waals surface area contributed by atoms with Crippen LogP contribution in [0.25, 0.3) is 0 Å². The van der Waals surface area contributed by atoms with E-state index in [0.29, 0.717) is 24.3 Å². The van der Waals surface area contributed by atoms with Crippen LogP contribution in [0.1, 0.15) is 46.5 Å². The predicted molar refractivity (Wildman–Crippen MR) is 67.4 cm³/mol. The maximum absolute atomic E-state index is 11.7. The van der Waals surface area contributed by atoms with Crippen molar-refractivity contribution in [1.82, 2.24) is 10.2 Å². The second-order valence-corrected chi connectivity index (χ2v) is 4.81. The normalized spacial score (nSPS) is 25.8. The molecule has 3 heteroatoms. The second kappa shape index (κ2) is 6.89. The van der Waals surface area contributed by atoms with Crippen molar-refractivity contribution in [3.05, 3.63) is 0 Å². The summed E-state index contributed by atoms with van der Waals surface area (Å²) in [5.74, 6) is 0.986. The highest BCUT2D eigenvalue weighted by molar-refractivity contribution is 5.76. The Morgan fingerprint density at radius 3 is 2.62 bits per heavy atom. The van der Waals surface area contributed by atoms with E-state index in [9.17, 15) is 4.79 Å². The van der Waals surface area contributed by atoms with Crippen LogP contribution in [0.4, 0.5) is 0 Å². The molecule has 1 amide bonds. The number of rotatable bonds is 5. The van der Waals surface area contributed by atoms with Crippen LogP contribution >= 0.6 is 0 Å². The summed E-state index contributed by atoms with van der Waals surface area (Å²) in [6.07, 6.45) is 4.20. The summed E-state index contributed by atoms with van der Waals surface area (Å²) in [6, 6.07) is 0.508. The third-order valence-corrected chi connectivity index (χ3v) is 3.45. The van der Waals surface area contributed by atoms with Crippen LogP contribution in [0.3, 0.4) is 0 Å². The Morgan fingerprint density at radius 2 is 2.06 bits per heavy atom. The molecule has 2 unspecified atom stereocenters. The van der Waals surface area contributed by atoms with Crippen molar-refractivity contribution < 1.29 is 4.79 Å². The number of hydrogen-bond donors (Lipinski definition) is 1. The Morgan fingerprint density at radius 1 is 1.31 bits per heavy atom. The Bertz CT molecular complexity index is 218. The first-order valence-corrected chi connectivity index (χ1v) is 6.72. The molecule has 0 bridgehead atoms. The van der Waals surface area contributed by atoms with Gasteiger partial charge in [0.15, 0.2) is 0 Å². The topological polar surface area (TPSA) is 32.3 Å². The number of carbonyl (C=O) groups is 1. The summed E-state index contributed by atoms with van der Waals surface area (Å²) in [5, 5.41) is 3.55. The molecule has 1 fully saturated rings. The summed E-state index contributed by atoms with van der Waals surface area (Å²) < 4.78 is 0. The van der Waals surface area contributed by atoms with Crippen molar-refractivity contribution in [3.63, 3.8) is 0 Å². The van der Waals surface area contributed by atoms with Crippen LogP contribution in [-0.4, -0.2) is 36.5 Å². The molecule has 3 nitrogen and oxygen atoms in total. The Labute approximate surface area is 99.6 Å². The van der Waals surface area contributed by atoms with Crippen LogP contribution < -0.4 is 5.32 Å². The molecule has 0 spiro atoms. The summed E-state index contributed by atoms with van der Waals surface area (Å²) in [7, 11) is 0. The third-order valence-electron chi connectivity index (χ3n) is 3.45. The number of carbonyl (C=O) groups excluding carboxylic acids is 1. The fraction of sp³-hybridized carbons (Fsp3) is 0.923. The standard InChI is InChI=1S/C13H26N2O/c1-4-7-14-12-8-11(5-2)9-15(10-12)13(16)6-3/h11-12,14H,4-10H2,1-3H3. The smallest absolute Gasteiger partial charge is 0.222 e. The minimum Gasteiger partial charge on any atom is -0.341 e. The Kier molecular flexibility index (Phi) is 5.81. The summed E-state index contributed by atoms with van der Waals surface area (Å²) in [6.45, 7) is 9.29. The highest BCUT2D eigenvalue weighted by Gasteiger charge is 2.27. The summed E-state index contributed by atoms with van der Waals surface area (Å²) in [4.78, 5) is 13.8. The average Bonchev–Trinajstić information content (AvgIpc) is 2.34. The van der Waals surface area contributed by atoms with Crippen molar-refractivity contribution in [2.75, 3.05) is 19.6 Å². The zero-order valence-electron chi connectivity index (χ0n) is 11.0. The molecule has 2 atom stereocenters. The Balaban J connectivity index is 2.50. The molecular formula is C13H26N2O. The van der Waals surface area contributed by atoms with Gasteiger partial charge in [-0.15, -0.1) is 0 Å². The van der Waals surface area contributed by atoms with Gasteiger partial charge < -0.3 is 10.2 Å². The van der Waals surface area contributed by atoms with Gasteiger partial charge in [0.1, 0.15) is 0 Å². The number of likely N-dealkylation sites (tertiary alicyclic amines) is 1. The zero-order valence-corrected chi connectivity index (χ0v) is 11.0. The van der Waals surface area contributed by atoms with Gasteiger partial charge in [0.2, 0.25) is 5.91 Å². The van der Waals surface area contributed by atoms with E-state index in [1.54, 1.807) is 0 Å². The van der Waals surface area contributed by atoms with Gasteiger partial charge in [-0.05, 0) is 25.3 Å². The van der Waals surface area contributed by atoms with Crippen LogP contribution in [0.2, 0.25) is 0 Å². The fourth-order valence-corrected chi connectivity index (χ4v) is 2.42. The van der Waals surface area contributed by atoms with Gasteiger partial charge in [0.25, 0.3) is 0 Å². The molecule has 0 aliphatic carbocycles. The molecule has 1 N–H and O–H groups in total. The first kappa shape index (κ1) is 13.5. The van der Waals surface area contributed by atoms with Gasteiger partial charge >= 0.3 is 0 Å². The van der Waals surface area contributed by atoms with E-state index in [1.165, 1.54) is 12.8 Å². The minimum atomic E-state index is 0.307. The van der Waals surface area contributed by atoms with Crippen molar-refractivity contribution in [1.29, 1.82) is 0 Å². The molecule has 1 saturated heterocycles. The molecule has 0 saturated carbocycles. The molecule has 1 aliphatic heterocycles. The van der Waals surface area contributed by atoms with E-state index in [-0.39, 0.29) is 0 Å². The summed E-state index contributed by atoms with van der Waals surface area (Å²) in [5.41, 5.74) is 0. The highest BCUT2D eigenvalue weighted by atomic mass is 16.2. The number of amides is 1. The van der Waals surface area contributed by atoms with Gasteiger partial charge in [-0.1, -0.05) is 27.2 Å². The van der Waals surface area contributed by atoms with Gasteiger partial charge in [-0.25, -0.2) is 0 Å². The molecular weight excluding hydrogens is 200 g/mol. The first-order valence-electron chi connectivity index (χ1n) is 6.72. The lowest BCUT2D eigenvalue weighted by atomic mass is 9.92. The second-order valence-electron chi connectivity index (χ2n) is 4.81. The molecule has 0 aromatic carbocycles. The molecule has 1 aliphatic rings. The van der Waals surface area contributed by atoms with Gasteiger partial charge in [0.05, 0.1) is 0 Å². The SMILES string of the molecule is CCCNC1CC(CC)CN(C(=O)CC)C1. The molecule has 16 heavy (non-hydrogen) atoms. The number of hydrogen-bond acceptors (Lipinski definition) is 2. The molecule has 94 valence electrons. The molecule has 1 rings (SSSR count). The van der Waals surface area contributed by atoms with E-state index in [1.807, 2.05) is 11.8 Å². The Hall–Kier alpha value is -0.570. The van der Waals surface area contributed by atoms with E-state index >= 15 is 0 Å². The van der Waals surface area contributed by atoms with Crippen molar-refractivity contribution in [2.24, 2.45) is 5.92 Å². The molecule has 0 radical (unpaired) electrons. The van der Waals surface area contributed by atoms with Crippen LogP contribution in [-0.2, 0) is 4.79 Å². The third kappa shape index (κ3) is 3.78. The molecule has 1 heterocycles. The number of nitrogens with one attached hydrogen (secondary N) is 1. The van der Waals surface area contributed by atoms with Gasteiger partial charge in [-0.3, -0.25) is 4.79 Å². The zero-order chi connectivity index (χ0) is 12.0. The van der Waals surface area contributed by atoms with Gasteiger partial charge in [-0.2, -0.15) is 0 Å². The van der Waals surface area contributed by atoms with E-state index in [0.717, 1.165) is 26.1 Å². The maximum Gasteiger partial charge on any atom is 0.222 e. The monoisotopic (exact) mass is 226 g/mol.